The van der Waals surface area contributed by atoms with E-state index in [-0.39, 0.29) is 22.7 Å². The number of unbranched alkanes of at least 4 members (excludes halogenated alkanes) is 3. The zero-order valence-electron chi connectivity index (χ0n) is 18.0. The van der Waals surface area contributed by atoms with Crippen molar-refractivity contribution in [3.05, 3.63) is 101 Å². The van der Waals surface area contributed by atoms with Gasteiger partial charge in [-0.15, -0.1) is 0 Å². The smallest absolute Gasteiger partial charge is 0.349 e. The Balaban J connectivity index is 1.93. The van der Waals surface area contributed by atoms with Crippen LogP contribution in [0, 0.1) is 0 Å². The largest absolute Gasteiger partial charge is 0.507 e. The number of carbonyl (C=O) groups excluding carboxylic acids is 3. The molecule has 0 aliphatic rings. The van der Waals surface area contributed by atoms with Crippen molar-refractivity contribution < 1.29 is 24.2 Å². The monoisotopic (exact) mass is 430 g/mol. The number of benzene rings is 3. The quantitative estimate of drug-likeness (QED) is 0.203. The van der Waals surface area contributed by atoms with Crippen LogP contribution in [0.15, 0.2) is 72.8 Å². The van der Waals surface area contributed by atoms with Gasteiger partial charge >= 0.3 is 11.9 Å². The van der Waals surface area contributed by atoms with Gasteiger partial charge in [0.1, 0.15) is 11.3 Å². The van der Waals surface area contributed by atoms with E-state index in [0.29, 0.717) is 23.1 Å². The summed E-state index contributed by atoms with van der Waals surface area (Å²) in [6, 6.07) is 19.6. The number of para-hydroxylation sites is 1. The first-order valence-electron chi connectivity index (χ1n) is 10.8. The first-order valence-corrected chi connectivity index (χ1v) is 10.8. The molecule has 0 aliphatic carbocycles. The average molecular weight is 431 g/mol. The normalized spacial score (nSPS) is 10.5. The molecule has 0 aromatic heterocycles. The van der Waals surface area contributed by atoms with Gasteiger partial charge in [0.2, 0.25) is 0 Å². The number of hydrogen-bond acceptors (Lipinski definition) is 5. The van der Waals surface area contributed by atoms with Gasteiger partial charge in [0.05, 0.1) is 5.56 Å². The van der Waals surface area contributed by atoms with Gasteiger partial charge in [-0.1, -0.05) is 80.8 Å². The van der Waals surface area contributed by atoms with Crippen LogP contribution in [-0.2, 0) is 11.2 Å². The Labute approximate surface area is 187 Å². The van der Waals surface area contributed by atoms with Gasteiger partial charge in [-0.3, -0.25) is 4.79 Å². The van der Waals surface area contributed by atoms with E-state index in [4.69, 9.17) is 4.74 Å². The van der Waals surface area contributed by atoms with Gasteiger partial charge in [-0.05, 0) is 36.6 Å². The number of rotatable bonds is 9. The summed E-state index contributed by atoms with van der Waals surface area (Å²) in [6.45, 7) is 2.11. The van der Waals surface area contributed by atoms with Crippen molar-refractivity contribution in [3.8, 4) is 5.75 Å². The second-order valence-electron chi connectivity index (χ2n) is 7.53. The molecular formula is C27H26O5. The Bertz CT molecular complexity index is 1100. The molecule has 0 aliphatic heterocycles. The van der Waals surface area contributed by atoms with E-state index >= 15 is 0 Å². The number of phenols is 1. The number of phenolic OH excluding ortho intramolecular Hbond substituents is 1. The van der Waals surface area contributed by atoms with Crippen LogP contribution >= 0.6 is 0 Å². The van der Waals surface area contributed by atoms with Gasteiger partial charge in [-0.2, -0.15) is 0 Å². The van der Waals surface area contributed by atoms with Crippen molar-refractivity contribution in [3.63, 3.8) is 0 Å². The van der Waals surface area contributed by atoms with Gasteiger partial charge in [0.25, 0.3) is 0 Å². The summed E-state index contributed by atoms with van der Waals surface area (Å²) in [5.74, 6) is -2.23. The van der Waals surface area contributed by atoms with Crippen LogP contribution in [0.4, 0.5) is 0 Å². The average Bonchev–Trinajstić information content (AvgIpc) is 2.82. The van der Waals surface area contributed by atoms with Crippen LogP contribution in [0.25, 0.3) is 0 Å². The van der Waals surface area contributed by atoms with Crippen LogP contribution in [0.1, 0.15) is 74.8 Å². The van der Waals surface area contributed by atoms with Crippen molar-refractivity contribution in [1.29, 1.82) is 0 Å². The van der Waals surface area contributed by atoms with Gasteiger partial charge < -0.3 is 9.84 Å². The minimum Gasteiger partial charge on any atom is -0.507 e. The SMILES string of the molecule is CCCCCCc1c(C(=O)OC(=O)c2ccccc2O)cccc1C(=O)c1ccccc1. The number of hydrogen-bond donors (Lipinski definition) is 1. The maximum Gasteiger partial charge on any atom is 0.349 e. The molecular weight excluding hydrogens is 404 g/mol. The third-order valence-corrected chi connectivity index (χ3v) is 5.27. The molecule has 5 heteroatoms. The topological polar surface area (TPSA) is 80.7 Å². The van der Waals surface area contributed by atoms with Crippen LogP contribution < -0.4 is 0 Å². The van der Waals surface area contributed by atoms with Gasteiger partial charge in [0.15, 0.2) is 5.78 Å². The Kier molecular flexibility index (Phi) is 7.92. The molecule has 3 rings (SSSR count). The minimum absolute atomic E-state index is 0.0955. The van der Waals surface area contributed by atoms with Gasteiger partial charge in [-0.25, -0.2) is 9.59 Å². The first-order chi connectivity index (χ1) is 15.5. The molecule has 0 spiro atoms. The molecule has 3 aromatic carbocycles. The van der Waals surface area contributed by atoms with Crippen molar-refractivity contribution in [2.24, 2.45) is 0 Å². The summed E-state index contributed by atoms with van der Waals surface area (Å²) in [5, 5.41) is 9.87. The lowest BCUT2D eigenvalue weighted by molar-refractivity contribution is 0.0395. The van der Waals surface area contributed by atoms with Crippen molar-refractivity contribution in [2.75, 3.05) is 0 Å². The molecule has 0 heterocycles. The summed E-state index contributed by atoms with van der Waals surface area (Å²) in [4.78, 5) is 38.5. The molecule has 0 fully saturated rings. The summed E-state index contributed by atoms with van der Waals surface area (Å²) < 4.78 is 5.06. The third-order valence-electron chi connectivity index (χ3n) is 5.27. The second-order valence-corrected chi connectivity index (χ2v) is 7.53. The highest BCUT2D eigenvalue weighted by Gasteiger charge is 2.23. The van der Waals surface area contributed by atoms with Crippen LogP contribution in [0.2, 0.25) is 0 Å². The molecule has 0 radical (unpaired) electrons. The van der Waals surface area contributed by atoms with Crippen LogP contribution in [-0.4, -0.2) is 22.8 Å². The minimum atomic E-state index is -0.940. The Morgan fingerprint density at radius 1 is 0.719 bits per heavy atom. The molecule has 0 saturated carbocycles. The van der Waals surface area contributed by atoms with Crippen LogP contribution in [0.3, 0.4) is 0 Å². The summed E-state index contributed by atoms with van der Waals surface area (Å²) in [6.07, 6.45) is 4.41. The number of carbonyl (C=O) groups is 3. The van der Waals surface area contributed by atoms with Crippen molar-refractivity contribution in [2.45, 2.75) is 39.0 Å². The fraction of sp³-hybridized carbons (Fsp3) is 0.222. The predicted octanol–water partition coefficient (Wildman–Crippen LogP) is 5.74. The van der Waals surface area contributed by atoms with E-state index in [0.717, 1.165) is 25.7 Å². The van der Waals surface area contributed by atoms with E-state index in [2.05, 4.69) is 6.92 Å². The fourth-order valence-electron chi connectivity index (χ4n) is 3.57. The number of ether oxygens (including phenoxy) is 1. The Hall–Kier alpha value is -3.73. The lowest BCUT2D eigenvalue weighted by atomic mass is 9.91. The molecule has 164 valence electrons. The van der Waals surface area contributed by atoms with E-state index in [1.807, 2.05) is 6.07 Å². The molecule has 5 nitrogen and oxygen atoms in total. The summed E-state index contributed by atoms with van der Waals surface area (Å²) in [7, 11) is 0. The maximum absolute atomic E-state index is 13.2. The Morgan fingerprint density at radius 3 is 2.06 bits per heavy atom. The zero-order chi connectivity index (χ0) is 22.9. The lowest BCUT2D eigenvalue weighted by Crippen LogP contribution is -2.17. The molecule has 3 aromatic rings. The van der Waals surface area contributed by atoms with Crippen LogP contribution in [0.5, 0.6) is 5.75 Å². The van der Waals surface area contributed by atoms with E-state index in [9.17, 15) is 19.5 Å². The summed E-state index contributed by atoms with van der Waals surface area (Å²) in [5.41, 5.74) is 1.62. The molecule has 0 unspecified atom stereocenters. The van der Waals surface area contributed by atoms with Gasteiger partial charge in [0, 0.05) is 11.1 Å². The van der Waals surface area contributed by atoms with E-state index < -0.39 is 11.9 Å². The molecule has 32 heavy (non-hydrogen) atoms. The second kappa shape index (κ2) is 11.0. The van der Waals surface area contributed by atoms with Crippen molar-refractivity contribution >= 4 is 17.7 Å². The zero-order valence-corrected chi connectivity index (χ0v) is 18.0. The highest BCUT2D eigenvalue weighted by Crippen LogP contribution is 2.24. The van der Waals surface area contributed by atoms with Crippen molar-refractivity contribution in [1.82, 2.24) is 0 Å². The fourth-order valence-corrected chi connectivity index (χ4v) is 3.57. The molecule has 0 amide bonds. The first kappa shape index (κ1) is 22.9. The lowest BCUT2D eigenvalue weighted by Gasteiger charge is -2.14. The summed E-state index contributed by atoms with van der Waals surface area (Å²) >= 11 is 0. The molecule has 0 atom stereocenters. The maximum atomic E-state index is 13.2. The molecule has 0 bridgehead atoms. The molecule has 0 saturated heterocycles. The highest BCUT2D eigenvalue weighted by molar-refractivity contribution is 6.12. The Morgan fingerprint density at radius 2 is 1.34 bits per heavy atom. The third kappa shape index (κ3) is 5.49. The predicted molar refractivity (Wildman–Crippen MR) is 122 cm³/mol. The highest BCUT2D eigenvalue weighted by atomic mass is 16.6. The van der Waals surface area contributed by atoms with E-state index in [1.165, 1.54) is 12.1 Å². The number of esters is 2. The number of ketones is 1. The molecule has 1 N–H and O–H groups in total. The van der Waals surface area contributed by atoms with E-state index in [1.54, 1.807) is 54.6 Å². The standard InChI is InChI=1S/C27H26O5/c1-2-3-4-8-14-20-21(25(29)19-12-6-5-7-13-19)16-11-17-22(20)26(30)32-27(31)23-15-9-10-18-24(23)28/h5-7,9-13,15-18,28H,2-4,8,14H2,1H3. The number of aromatic hydroxyl groups is 1.